The van der Waals surface area contributed by atoms with Gasteiger partial charge >= 0.3 is 0 Å². The van der Waals surface area contributed by atoms with Crippen LogP contribution < -0.4 is 0 Å². The summed E-state index contributed by atoms with van der Waals surface area (Å²) in [6.45, 7) is 5.26. The van der Waals surface area contributed by atoms with Crippen LogP contribution in [0.1, 0.15) is 32.7 Å². The van der Waals surface area contributed by atoms with E-state index >= 15 is 0 Å². The van der Waals surface area contributed by atoms with Gasteiger partial charge in [-0.25, -0.2) is 4.98 Å². The lowest BCUT2D eigenvalue weighted by atomic mass is 10.1. The normalized spacial score (nSPS) is 18.5. The number of morpholine rings is 1. The minimum absolute atomic E-state index is 0.0370. The van der Waals surface area contributed by atoms with E-state index in [0.29, 0.717) is 6.61 Å². The van der Waals surface area contributed by atoms with E-state index in [4.69, 9.17) is 4.74 Å². The molecule has 128 valence electrons. The zero-order valence-corrected chi connectivity index (χ0v) is 15.2. The maximum Gasteiger partial charge on any atom is 0.253 e. The molecule has 0 radical (unpaired) electrons. The van der Waals surface area contributed by atoms with Crippen LogP contribution in [0.25, 0.3) is 0 Å². The van der Waals surface area contributed by atoms with Gasteiger partial charge in [-0.05, 0) is 24.6 Å². The fourth-order valence-corrected chi connectivity index (χ4v) is 3.67. The van der Waals surface area contributed by atoms with Crippen LogP contribution in [0.4, 0.5) is 0 Å². The summed E-state index contributed by atoms with van der Waals surface area (Å²) in [5.41, 5.74) is 2.93. The fraction of sp³-hybridized carbons (Fsp3) is 0.444. The molecule has 1 saturated heterocycles. The molecule has 0 spiro atoms. The molecule has 1 amide bonds. The lowest BCUT2D eigenvalue weighted by molar-refractivity contribution is -0.0330. The average Bonchev–Trinajstić information content (AvgIpc) is 3.01. The van der Waals surface area contributed by atoms with Crippen LogP contribution in [0.3, 0.4) is 0 Å². The van der Waals surface area contributed by atoms with Crippen molar-refractivity contribution in [3.8, 4) is 0 Å². The summed E-state index contributed by atoms with van der Waals surface area (Å²) in [6.07, 6.45) is 0.0454. The van der Waals surface area contributed by atoms with Gasteiger partial charge in [0.05, 0.1) is 6.61 Å². The number of aryl methyl sites for hydroxylation is 1. The summed E-state index contributed by atoms with van der Waals surface area (Å²) in [7, 11) is 3.55. The Bertz CT molecular complexity index is 714. The Labute approximate surface area is 146 Å². The van der Waals surface area contributed by atoms with E-state index in [0.717, 1.165) is 41.5 Å². The van der Waals surface area contributed by atoms with E-state index in [1.165, 1.54) is 0 Å². The topological polar surface area (TPSA) is 45.7 Å². The Balaban J connectivity index is 1.67. The number of carbonyl (C=O) groups excluding carboxylic acids is 1. The molecule has 0 unspecified atom stereocenters. The minimum Gasteiger partial charge on any atom is -0.368 e. The van der Waals surface area contributed by atoms with Gasteiger partial charge in [0.25, 0.3) is 5.91 Å². The van der Waals surface area contributed by atoms with Gasteiger partial charge in [-0.15, -0.1) is 11.3 Å². The minimum atomic E-state index is 0.0370. The molecule has 1 aromatic carbocycles. The van der Waals surface area contributed by atoms with Crippen LogP contribution >= 0.6 is 11.3 Å². The zero-order valence-electron chi connectivity index (χ0n) is 14.4. The van der Waals surface area contributed by atoms with E-state index in [2.05, 4.69) is 21.3 Å². The lowest BCUT2D eigenvalue weighted by Crippen LogP contribution is -2.37. The Morgan fingerprint density at radius 2 is 2.29 bits per heavy atom. The third kappa shape index (κ3) is 4.01. The molecule has 1 atom stereocenters. The smallest absolute Gasteiger partial charge is 0.253 e. The number of nitrogens with zero attached hydrogens (tertiary/aromatic N) is 3. The monoisotopic (exact) mass is 345 g/mol. The molecule has 2 aromatic rings. The summed E-state index contributed by atoms with van der Waals surface area (Å²) in [6, 6.07) is 7.88. The van der Waals surface area contributed by atoms with Crippen LogP contribution in [-0.2, 0) is 11.3 Å². The van der Waals surface area contributed by atoms with Gasteiger partial charge in [0.2, 0.25) is 0 Å². The van der Waals surface area contributed by atoms with Gasteiger partial charge < -0.3 is 9.64 Å². The van der Waals surface area contributed by atoms with Crippen molar-refractivity contribution in [1.29, 1.82) is 0 Å². The molecular formula is C18H23N3O2S. The molecule has 6 heteroatoms. The van der Waals surface area contributed by atoms with Crippen LogP contribution in [0, 0.1) is 6.92 Å². The highest BCUT2D eigenvalue weighted by molar-refractivity contribution is 7.09. The van der Waals surface area contributed by atoms with Crippen LogP contribution in [0.2, 0.25) is 0 Å². The number of carbonyl (C=O) groups is 1. The molecule has 1 aliphatic rings. The second kappa shape index (κ2) is 7.42. The standard InChI is InChI=1S/C18H23N3O2S/c1-13-12-24-17(19-13)16-11-21(7-8-23-16)10-14-5-4-6-15(9-14)18(22)20(2)3/h4-6,9,12,16H,7-8,10-11H2,1-3H3/t16-/m0/s1. The third-order valence-electron chi connectivity index (χ3n) is 4.05. The number of thiazole rings is 1. The molecule has 3 rings (SSSR count). The van der Waals surface area contributed by atoms with E-state index in [1.54, 1.807) is 30.3 Å². The van der Waals surface area contributed by atoms with Gasteiger partial charge in [-0.2, -0.15) is 0 Å². The van der Waals surface area contributed by atoms with Crippen molar-refractivity contribution in [3.63, 3.8) is 0 Å². The van der Waals surface area contributed by atoms with E-state index in [9.17, 15) is 4.79 Å². The Hall–Kier alpha value is -1.76. The van der Waals surface area contributed by atoms with Crippen molar-refractivity contribution in [3.05, 3.63) is 51.5 Å². The first-order valence-electron chi connectivity index (χ1n) is 8.09. The molecule has 1 aliphatic heterocycles. The molecule has 0 bridgehead atoms. The number of benzene rings is 1. The van der Waals surface area contributed by atoms with Crippen LogP contribution in [0.15, 0.2) is 29.6 Å². The largest absolute Gasteiger partial charge is 0.368 e. The number of ether oxygens (including phenoxy) is 1. The average molecular weight is 345 g/mol. The quantitative estimate of drug-likeness (QED) is 0.855. The van der Waals surface area contributed by atoms with Crippen molar-refractivity contribution in [2.45, 2.75) is 19.6 Å². The van der Waals surface area contributed by atoms with Crippen LogP contribution in [-0.4, -0.2) is 54.5 Å². The van der Waals surface area contributed by atoms with Crippen molar-refractivity contribution in [2.75, 3.05) is 33.8 Å². The summed E-state index contributed by atoms with van der Waals surface area (Å²) in [5.74, 6) is 0.0370. The van der Waals surface area contributed by atoms with Gasteiger partial charge in [0.15, 0.2) is 0 Å². The number of hydrogen-bond donors (Lipinski definition) is 0. The first-order valence-corrected chi connectivity index (χ1v) is 8.97. The SMILES string of the molecule is Cc1csc([C@@H]2CN(Cc3cccc(C(=O)N(C)C)c3)CCO2)n1. The third-order valence-corrected chi connectivity index (χ3v) is 5.10. The maximum absolute atomic E-state index is 12.1. The van der Waals surface area contributed by atoms with Crippen molar-refractivity contribution >= 4 is 17.2 Å². The highest BCUT2D eigenvalue weighted by atomic mass is 32.1. The van der Waals surface area contributed by atoms with E-state index in [1.807, 2.05) is 25.1 Å². The van der Waals surface area contributed by atoms with Crippen molar-refractivity contribution in [1.82, 2.24) is 14.8 Å². The number of hydrogen-bond acceptors (Lipinski definition) is 5. The second-order valence-electron chi connectivity index (χ2n) is 6.32. The second-order valence-corrected chi connectivity index (χ2v) is 7.21. The van der Waals surface area contributed by atoms with E-state index < -0.39 is 0 Å². The Morgan fingerprint density at radius 1 is 1.46 bits per heavy atom. The van der Waals surface area contributed by atoms with Gasteiger partial charge in [0, 0.05) is 50.4 Å². The molecule has 1 aromatic heterocycles. The number of amides is 1. The Morgan fingerprint density at radius 3 is 3.00 bits per heavy atom. The Kier molecular flexibility index (Phi) is 5.28. The highest BCUT2D eigenvalue weighted by Gasteiger charge is 2.24. The predicted octanol–water partition coefficient (Wildman–Crippen LogP) is 2.73. The summed E-state index contributed by atoms with van der Waals surface area (Å²) < 4.78 is 5.88. The highest BCUT2D eigenvalue weighted by Crippen LogP contribution is 2.26. The molecule has 0 N–H and O–H groups in total. The zero-order chi connectivity index (χ0) is 17.1. The van der Waals surface area contributed by atoms with E-state index in [-0.39, 0.29) is 12.0 Å². The lowest BCUT2D eigenvalue weighted by Gasteiger charge is -2.32. The van der Waals surface area contributed by atoms with Gasteiger partial charge in [0.1, 0.15) is 11.1 Å². The molecule has 1 fully saturated rings. The van der Waals surface area contributed by atoms with Gasteiger partial charge in [-0.1, -0.05) is 12.1 Å². The number of rotatable bonds is 4. The summed E-state index contributed by atoms with van der Waals surface area (Å²) >= 11 is 1.66. The van der Waals surface area contributed by atoms with Gasteiger partial charge in [-0.3, -0.25) is 9.69 Å². The predicted molar refractivity (Wildman–Crippen MR) is 95.3 cm³/mol. The summed E-state index contributed by atoms with van der Waals surface area (Å²) in [4.78, 5) is 20.6. The molecule has 24 heavy (non-hydrogen) atoms. The van der Waals surface area contributed by atoms with Crippen molar-refractivity contribution in [2.24, 2.45) is 0 Å². The first kappa shape index (κ1) is 17.1. The molecule has 2 heterocycles. The maximum atomic E-state index is 12.1. The molecule has 0 saturated carbocycles. The fourth-order valence-electron chi connectivity index (χ4n) is 2.83. The van der Waals surface area contributed by atoms with Crippen LogP contribution in [0.5, 0.6) is 0 Å². The molecule has 0 aliphatic carbocycles. The molecule has 5 nitrogen and oxygen atoms in total. The number of aromatic nitrogens is 1. The first-order chi connectivity index (χ1) is 11.5. The summed E-state index contributed by atoms with van der Waals surface area (Å²) in [5, 5.41) is 3.11. The molecular weight excluding hydrogens is 322 g/mol. The van der Waals surface area contributed by atoms with Crippen molar-refractivity contribution < 1.29 is 9.53 Å².